The Morgan fingerprint density at radius 2 is 2.12 bits per heavy atom. The second kappa shape index (κ2) is 6.01. The van der Waals surface area contributed by atoms with E-state index < -0.39 is 0 Å². The van der Waals surface area contributed by atoms with Gasteiger partial charge in [0.1, 0.15) is 5.82 Å². The van der Waals surface area contributed by atoms with Crippen molar-refractivity contribution in [3.63, 3.8) is 0 Å². The maximum Gasteiger partial charge on any atom is 0.103 e. The summed E-state index contributed by atoms with van der Waals surface area (Å²) in [5.41, 5.74) is 1.12. The van der Waals surface area contributed by atoms with Gasteiger partial charge in [-0.25, -0.2) is 4.98 Å². The van der Waals surface area contributed by atoms with Crippen LogP contribution in [0.25, 0.3) is 0 Å². The molecule has 1 aromatic heterocycles. The van der Waals surface area contributed by atoms with Crippen molar-refractivity contribution in [1.29, 1.82) is 0 Å². The zero-order valence-corrected chi connectivity index (χ0v) is 10.5. The van der Waals surface area contributed by atoms with Crippen LogP contribution in [-0.4, -0.2) is 28.2 Å². The molecule has 0 unspecified atom stereocenters. The highest BCUT2D eigenvalue weighted by Crippen LogP contribution is 2.24. The molecule has 1 heterocycles. The highest BCUT2D eigenvalue weighted by atomic mass is 16.3. The van der Waals surface area contributed by atoms with E-state index in [9.17, 15) is 5.11 Å². The van der Waals surface area contributed by atoms with Gasteiger partial charge in [0.2, 0.25) is 0 Å². The minimum Gasteiger partial charge on any atom is -0.396 e. The molecule has 0 saturated carbocycles. The number of imidazole rings is 1. The zero-order chi connectivity index (χ0) is 12.0. The Kier molecular flexibility index (Phi) is 4.96. The monoisotopic (exact) mass is 225 g/mol. The molecule has 0 spiro atoms. The Labute approximate surface area is 97.5 Å². The fraction of sp³-hybridized carbons (Fsp3) is 0.750. The highest BCUT2D eigenvalue weighted by Gasteiger charge is 2.24. The number of aromatic amines is 1. The van der Waals surface area contributed by atoms with Gasteiger partial charge < -0.3 is 15.4 Å². The Balaban J connectivity index is 2.39. The number of aromatic nitrogens is 2. The molecule has 0 aliphatic rings. The lowest BCUT2D eigenvalue weighted by atomic mass is 9.83. The maximum absolute atomic E-state index is 9.42. The molecule has 0 bridgehead atoms. The normalized spacial score (nSPS) is 12.0. The van der Waals surface area contributed by atoms with Crippen LogP contribution in [0.3, 0.4) is 0 Å². The fourth-order valence-electron chi connectivity index (χ4n) is 1.80. The van der Waals surface area contributed by atoms with Crippen LogP contribution in [0.15, 0.2) is 6.20 Å². The number of aryl methyl sites for hydroxylation is 1. The molecule has 4 nitrogen and oxygen atoms in total. The number of rotatable bonds is 7. The molecule has 0 aromatic carbocycles. The molecule has 0 fully saturated rings. The Morgan fingerprint density at radius 3 is 2.56 bits per heavy atom. The number of aliphatic hydroxyl groups is 1. The molecule has 0 atom stereocenters. The number of hydrogen-bond donors (Lipinski definition) is 3. The van der Waals surface area contributed by atoms with E-state index in [-0.39, 0.29) is 12.0 Å². The zero-order valence-electron chi connectivity index (χ0n) is 10.5. The predicted octanol–water partition coefficient (Wildman–Crippen LogP) is 1.61. The molecular formula is C12H23N3O. The highest BCUT2D eigenvalue weighted by molar-refractivity contribution is 4.99. The van der Waals surface area contributed by atoms with E-state index in [1.165, 1.54) is 0 Å². The standard InChI is InChI=1S/C12H23N3O/c1-4-12(5-2,9-16)8-13-6-11-7-14-10(3)15-11/h7,13,16H,4-6,8-9H2,1-3H3,(H,14,15). The Morgan fingerprint density at radius 1 is 1.44 bits per heavy atom. The van der Waals surface area contributed by atoms with Gasteiger partial charge in [-0.15, -0.1) is 0 Å². The van der Waals surface area contributed by atoms with E-state index in [4.69, 9.17) is 0 Å². The van der Waals surface area contributed by atoms with Crippen LogP contribution in [0, 0.1) is 12.3 Å². The summed E-state index contributed by atoms with van der Waals surface area (Å²) in [5, 5.41) is 12.8. The van der Waals surface area contributed by atoms with Crippen molar-refractivity contribution < 1.29 is 5.11 Å². The third kappa shape index (κ3) is 3.32. The first-order valence-corrected chi connectivity index (χ1v) is 5.98. The number of nitrogens with one attached hydrogen (secondary N) is 2. The summed E-state index contributed by atoms with van der Waals surface area (Å²) in [6.45, 7) is 8.06. The topological polar surface area (TPSA) is 60.9 Å². The third-order valence-corrected chi connectivity index (χ3v) is 3.41. The van der Waals surface area contributed by atoms with Crippen molar-refractivity contribution >= 4 is 0 Å². The van der Waals surface area contributed by atoms with Gasteiger partial charge >= 0.3 is 0 Å². The van der Waals surface area contributed by atoms with E-state index in [2.05, 4.69) is 29.1 Å². The smallest absolute Gasteiger partial charge is 0.103 e. The molecular weight excluding hydrogens is 202 g/mol. The molecule has 4 heteroatoms. The molecule has 3 N–H and O–H groups in total. The fourth-order valence-corrected chi connectivity index (χ4v) is 1.80. The summed E-state index contributed by atoms with van der Waals surface area (Å²) in [5.74, 6) is 0.941. The average molecular weight is 225 g/mol. The van der Waals surface area contributed by atoms with Crippen LogP contribution in [0.2, 0.25) is 0 Å². The number of nitrogens with zero attached hydrogens (tertiary/aromatic N) is 1. The van der Waals surface area contributed by atoms with Gasteiger partial charge in [0.05, 0.1) is 0 Å². The number of hydrogen-bond acceptors (Lipinski definition) is 3. The summed E-state index contributed by atoms with van der Waals surface area (Å²) in [6.07, 6.45) is 3.84. The molecule has 16 heavy (non-hydrogen) atoms. The van der Waals surface area contributed by atoms with Crippen LogP contribution >= 0.6 is 0 Å². The average Bonchev–Trinajstić information content (AvgIpc) is 2.71. The van der Waals surface area contributed by atoms with Crippen molar-refractivity contribution in [3.8, 4) is 0 Å². The molecule has 0 amide bonds. The van der Waals surface area contributed by atoms with Gasteiger partial charge in [-0.2, -0.15) is 0 Å². The minimum absolute atomic E-state index is 0.0229. The largest absolute Gasteiger partial charge is 0.396 e. The quantitative estimate of drug-likeness (QED) is 0.660. The third-order valence-electron chi connectivity index (χ3n) is 3.41. The van der Waals surface area contributed by atoms with Crippen molar-refractivity contribution in [3.05, 3.63) is 17.7 Å². The molecule has 0 aliphatic heterocycles. The van der Waals surface area contributed by atoms with Gasteiger partial charge in [-0.1, -0.05) is 13.8 Å². The summed E-state index contributed by atoms with van der Waals surface area (Å²) in [7, 11) is 0. The van der Waals surface area contributed by atoms with Crippen LogP contribution in [0.1, 0.15) is 38.2 Å². The molecule has 1 aromatic rings. The summed E-state index contributed by atoms with van der Waals surface area (Å²) >= 11 is 0. The van der Waals surface area contributed by atoms with Gasteiger partial charge in [0.25, 0.3) is 0 Å². The van der Waals surface area contributed by atoms with E-state index >= 15 is 0 Å². The van der Waals surface area contributed by atoms with Crippen molar-refractivity contribution in [2.24, 2.45) is 5.41 Å². The first-order valence-electron chi connectivity index (χ1n) is 5.98. The van der Waals surface area contributed by atoms with Crippen LogP contribution in [0.5, 0.6) is 0 Å². The SMILES string of the molecule is CCC(CC)(CO)CNCc1cnc(C)[nH]1. The lowest BCUT2D eigenvalue weighted by Gasteiger charge is -2.29. The molecule has 92 valence electrons. The molecule has 0 aliphatic carbocycles. The minimum atomic E-state index is 0.0229. The van der Waals surface area contributed by atoms with Gasteiger partial charge in [-0.3, -0.25) is 0 Å². The van der Waals surface area contributed by atoms with E-state index in [0.717, 1.165) is 37.4 Å². The van der Waals surface area contributed by atoms with E-state index in [1.54, 1.807) is 0 Å². The van der Waals surface area contributed by atoms with Crippen molar-refractivity contribution in [2.75, 3.05) is 13.2 Å². The van der Waals surface area contributed by atoms with Gasteiger partial charge in [0.15, 0.2) is 0 Å². The summed E-state index contributed by atoms with van der Waals surface area (Å²) in [4.78, 5) is 7.33. The van der Waals surface area contributed by atoms with Crippen LogP contribution in [0.4, 0.5) is 0 Å². The van der Waals surface area contributed by atoms with E-state index in [0.29, 0.717) is 0 Å². The number of H-pyrrole nitrogens is 1. The molecule has 0 radical (unpaired) electrons. The second-order valence-electron chi connectivity index (χ2n) is 4.46. The Bertz CT molecular complexity index is 297. The lowest BCUT2D eigenvalue weighted by Crippen LogP contribution is -2.36. The van der Waals surface area contributed by atoms with E-state index in [1.807, 2.05) is 13.1 Å². The summed E-state index contributed by atoms with van der Waals surface area (Å²) in [6, 6.07) is 0. The van der Waals surface area contributed by atoms with Crippen LogP contribution in [-0.2, 0) is 6.54 Å². The summed E-state index contributed by atoms with van der Waals surface area (Å²) < 4.78 is 0. The van der Waals surface area contributed by atoms with Gasteiger partial charge in [0, 0.05) is 37.0 Å². The van der Waals surface area contributed by atoms with Crippen LogP contribution < -0.4 is 5.32 Å². The maximum atomic E-state index is 9.42. The molecule has 1 rings (SSSR count). The number of aliphatic hydroxyl groups excluding tert-OH is 1. The predicted molar refractivity (Wildman–Crippen MR) is 65.1 cm³/mol. The lowest BCUT2D eigenvalue weighted by molar-refractivity contribution is 0.113. The van der Waals surface area contributed by atoms with Crippen molar-refractivity contribution in [2.45, 2.75) is 40.2 Å². The second-order valence-corrected chi connectivity index (χ2v) is 4.46. The van der Waals surface area contributed by atoms with Gasteiger partial charge in [-0.05, 0) is 19.8 Å². The Hall–Kier alpha value is -0.870. The first-order chi connectivity index (χ1) is 7.65. The first kappa shape index (κ1) is 13.2. The van der Waals surface area contributed by atoms with Crippen molar-refractivity contribution in [1.82, 2.24) is 15.3 Å². The molecule has 0 saturated heterocycles.